The van der Waals surface area contributed by atoms with Crippen LogP contribution in [0.2, 0.25) is 5.02 Å². The molecule has 0 aliphatic carbocycles. The number of benzene rings is 1. The van der Waals surface area contributed by atoms with E-state index in [1.807, 2.05) is 0 Å². The molecule has 1 aliphatic heterocycles. The predicted molar refractivity (Wildman–Crippen MR) is 85.6 cm³/mol. The zero-order valence-corrected chi connectivity index (χ0v) is 14.3. The van der Waals surface area contributed by atoms with Crippen molar-refractivity contribution >= 4 is 39.9 Å². The average molecular weight is 406 g/mol. The molecule has 1 fully saturated rings. The zero-order valence-electron chi connectivity index (χ0n) is 11.2. The normalized spacial score (nSPS) is 18.1. The SMILES string of the molecule is Cl.OCC(F)(F)[C@@H](c1cc(Cl)ccc1Br)N1CCNCC1. The number of aliphatic hydroxyl groups excluding tert-OH is 1. The van der Waals surface area contributed by atoms with Crippen molar-refractivity contribution in [2.75, 3.05) is 32.8 Å². The third-order valence-corrected chi connectivity index (χ3v) is 4.34. The number of alkyl halides is 2. The first-order valence-electron chi connectivity index (χ1n) is 6.34. The number of piperazine rings is 1. The molecule has 0 radical (unpaired) electrons. The molecule has 0 unspecified atom stereocenters. The van der Waals surface area contributed by atoms with Gasteiger partial charge in [-0.15, -0.1) is 12.4 Å². The van der Waals surface area contributed by atoms with Gasteiger partial charge in [0, 0.05) is 35.7 Å². The van der Waals surface area contributed by atoms with Crippen LogP contribution in [0, 0.1) is 0 Å². The van der Waals surface area contributed by atoms with Crippen molar-refractivity contribution < 1.29 is 13.9 Å². The monoisotopic (exact) mass is 404 g/mol. The van der Waals surface area contributed by atoms with Gasteiger partial charge in [-0.3, -0.25) is 4.90 Å². The Hall–Kier alpha value is 0.0200. The molecule has 120 valence electrons. The van der Waals surface area contributed by atoms with Crippen LogP contribution in [0.15, 0.2) is 22.7 Å². The van der Waals surface area contributed by atoms with Crippen LogP contribution in [0.25, 0.3) is 0 Å². The molecule has 1 aromatic carbocycles. The maximum Gasteiger partial charge on any atom is 0.289 e. The number of halogens is 5. The minimum absolute atomic E-state index is 0. The van der Waals surface area contributed by atoms with E-state index >= 15 is 0 Å². The van der Waals surface area contributed by atoms with Gasteiger partial charge in [-0.05, 0) is 23.8 Å². The van der Waals surface area contributed by atoms with Crippen LogP contribution in [0.3, 0.4) is 0 Å². The standard InChI is InChI=1S/C13H16BrClF2N2O.ClH/c14-11-2-1-9(15)7-10(11)12(13(16,17)8-20)19-5-3-18-4-6-19;/h1-2,7,12,18,20H,3-6,8H2;1H/t12-;/m1./s1. The van der Waals surface area contributed by atoms with Crippen LogP contribution in [0.5, 0.6) is 0 Å². The van der Waals surface area contributed by atoms with Crippen LogP contribution < -0.4 is 5.32 Å². The van der Waals surface area contributed by atoms with E-state index < -0.39 is 18.6 Å². The number of nitrogens with zero attached hydrogens (tertiary/aromatic N) is 1. The lowest BCUT2D eigenvalue weighted by atomic mass is 9.98. The number of rotatable bonds is 4. The lowest BCUT2D eigenvalue weighted by Crippen LogP contribution is -2.51. The highest BCUT2D eigenvalue weighted by Crippen LogP contribution is 2.40. The van der Waals surface area contributed by atoms with Crippen molar-refractivity contribution in [1.82, 2.24) is 10.2 Å². The summed E-state index contributed by atoms with van der Waals surface area (Å²) in [6.45, 7) is 1.10. The van der Waals surface area contributed by atoms with Crippen molar-refractivity contribution in [2.24, 2.45) is 0 Å². The lowest BCUT2D eigenvalue weighted by Gasteiger charge is -2.39. The van der Waals surface area contributed by atoms with Crippen molar-refractivity contribution in [2.45, 2.75) is 12.0 Å². The fourth-order valence-corrected chi connectivity index (χ4v) is 3.09. The molecule has 1 atom stereocenters. The molecule has 1 heterocycles. The molecule has 1 aliphatic rings. The van der Waals surface area contributed by atoms with Crippen LogP contribution in [0.1, 0.15) is 11.6 Å². The summed E-state index contributed by atoms with van der Waals surface area (Å²) in [7, 11) is 0. The molecule has 0 bridgehead atoms. The molecule has 0 saturated carbocycles. The first-order valence-corrected chi connectivity index (χ1v) is 7.51. The van der Waals surface area contributed by atoms with Crippen LogP contribution in [0.4, 0.5) is 8.78 Å². The number of hydrogen-bond acceptors (Lipinski definition) is 3. The number of aliphatic hydroxyl groups is 1. The Morgan fingerprint density at radius 3 is 2.57 bits per heavy atom. The van der Waals surface area contributed by atoms with Gasteiger partial charge < -0.3 is 10.4 Å². The molecule has 2 N–H and O–H groups in total. The van der Waals surface area contributed by atoms with Gasteiger partial charge >= 0.3 is 0 Å². The summed E-state index contributed by atoms with van der Waals surface area (Å²) >= 11 is 9.24. The van der Waals surface area contributed by atoms with Crippen molar-refractivity contribution in [3.05, 3.63) is 33.3 Å². The van der Waals surface area contributed by atoms with Gasteiger partial charge in [0.05, 0.1) is 0 Å². The Morgan fingerprint density at radius 1 is 1.38 bits per heavy atom. The van der Waals surface area contributed by atoms with Crippen molar-refractivity contribution in [3.8, 4) is 0 Å². The van der Waals surface area contributed by atoms with Gasteiger partial charge in [0.2, 0.25) is 0 Å². The van der Waals surface area contributed by atoms with E-state index in [-0.39, 0.29) is 12.4 Å². The summed E-state index contributed by atoms with van der Waals surface area (Å²) in [5, 5.41) is 12.6. The maximum atomic E-state index is 14.2. The molecular formula is C13H17BrCl2F2N2O. The van der Waals surface area contributed by atoms with E-state index in [1.165, 1.54) is 6.07 Å². The predicted octanol–water partition coefficient (Wildman–Crippen LogP) is 3.10. The summed E-state index contributed by atoms with van der Waals surface area (Å²) in [5.41, 5.74) is 0.401. The largest absolute Gasteiger partial charge is 0.390 e. The number of nitrogens with one attached hydrogen (secondary N) is 1. The molecule has 1 aromatic rings. The summed E-state index contributed by atoms with van der Waals surface area (Å²) in [6, 6.07) is 3.63. The minimum Gasteiger partial charge on any atom is -0.390 e. The fraction of sp³-hybridized carbons (Fsp3) is 0.538. The van der Waals surface area contributed by atoms with Crippen molar-refractivity contribution in [3.63, 3.8) is 0 Å². The van der Waals surface area contributed by atoms with E-state index in [4.69, 9.17) is 16.7 Å². The summed E-state index contributed by atoms with van der Waals surface area (Å²) < 4.78 is 29.0. The van der Waals surface area contributed by atoms with Crippen LogP contribution >= 0.6 is 39.9 Å². The Labute approximate surface area is 142 Å². The molecule has 0 aromatic heterocycles. The Balaban J connectivity index is 0.00000220. The Morgan fingerprint density at radius 2 is 2.00 bits per heavy atom. The van der Waals surface area contributed by atoms with E-state index in [0.29, 0.717) is 41.2 Å². The average Bonchev–Trinajstić information content (AvgIpc) is 2.44. The smallest absolute Gasteiger partial charge is 0.289 e. The van der Waals surface area contributed by atoms with E-state index in [0.717, 1.165) is 0 Å². The minimum atomic E-state index is -3.23. The Bertz CT molecular complexity index is 473. The zero-order chi connectivity index (χ0) is 14.8. The molecule has 0 spiro atoms. The van der Waals surface area contributed by atoms with E-state index in [1.54, 1.807) is 17.0 Å². The second kappa shape index (κ2) is 8.04. The molecule has 0 amide bonds. The summed E-state index contributed by atoms with van der Waals surface area (Å²) in [5.74, 6) is -3.23. The number of hydrogen-bond donors (Lipinski definition) is 2. The highest BCUT2D eigenvalue weighted by atomic mass is 79.9. The second-order valence-electron chi connectivity index (χ2n) is 4.77. The quantitative estimate of drug-likeness (QED) is 0.807. The third-order valence-electron chi connectivity index (χ3n) is 3.38. The second-order valence-corrected chi connectivity index (χ2v) is 6.06. The topological polar surface area (TPSA) is 35.5 Å². The maximum absolute atomic E-state index is 14.2. The highest BCUT2D eigenvalue weighted by Gasteiger charge is 2.44. The first-order chi connectivity index (χ1) is 9.45. The van der Waals surface area contributed by atoms with Gasteiger partial charge in [0.15, 0.2) is 0 Å². The van der Waals surface area contributed by atoms with Gasteiger partial charge in [-0.1, -0.05) is 27.5 Å². The van der Waals surface area contributed by atoms with Gasteiger partial charge in [0.25, 0.3) is 5.92 Å². The molecule has 3 nitrogen and oxygen atoms in total. The molecular weight excluding hydrogens is 389 g/mol. The van der Waals surface area contributed by atoms with Crippen molar-refractivity contribution in [1.29, 1.82) is 0 Å². The highest BCUT2D eigenvalue weighted by molar-refractivity contribution is 9.10. The summed E-state index contributed by atoms with van der Waals surface area (Å²) in [6.07, 6.45) is 0. The lowest BCUT2D eigenvalue weighted by molar-refractivity contribution is -0.118. The molecule has 1 saturated heterocycles. The van der Waals surface area contributed by atoms with Crippen LogP contribution in [-0.2, 0) is 0 Å². The van der Waals surface area contributed by atoms with Crippen LogP contribution in [-0.4, -0.2) is 48.7 Å². The molecule has 8 heteroatoms. The fourth-order valence-electron chi connectivity index (χ4n) is 2.44. The molecule has 21 heavy (non-hydrogen) atoms. The summed E-state index contributed by atoms with van der Waals surface area (Å²) in [4.78, 5) is 1.68. The first kappa shape index (κ1) is 19.1. The third kappa shape index (κ3) is 4.50. The molecule has 2 rings (SSSR count). The Kier molecular flexibility index (Phi) is 7.30. The van der Waals surface area contributed by atoms with E-state index in [9.17, 15) is 8.78 Å². The van der Waals surface area contributed by atoms with Gasteiger partial charge in [-0.25, -0.2) is 8.78 Å². The van der Waals surface area contributed by atoms with Gasteiger partial charge in [-0.2, -0.15) is 0 Å². The van der Waals surface area contributed by atoms with Gasteiger partial charge in [0.1, 0.15) is 12.6 Å². The van der Waals surface area contributed by atoms with E-state index in [2.05, 4.69) is 21.2 Å².